The maximum atomic E-state index is 4.38. The number of hydrogen-bond donors (Lipinski definition) is 0. The maximum Gasteiger partial charge on any atom is 0.108 e. The summed E-state index contributed by atoms with van der Waals surface area (Å²) in [5, 5.41) is 0. The van der Waals surface area contributed by atoms with Crippen LogP contribution in [-0.4, -0.2) is 8.75 Å². The zero-order chi connectivity index (χ0) is 12.1. The molecule has 0 saturated carbocycles. The lowest BCUT2D eigenvalue weighted by molar-refractivity contribution is 0.873. The summed E-state index contributed by atoms with van der Waals surface area (Å²) in [4.78, 5) is 0. The lowest BCUT2D eigenvalue weighted by Crippen LogP contribution is -1.92. The van der Waals surface area contributed by atoms with Gasteiger partial charge in [-0.15, -0.1) is 0 Å². The maximum absolute atomic E-state index is 4.38. The van der Waals surface area contributed by atoms with Gasteiger partial charge in [-0.3, -0.25) is 0 Å². The lowest BCUT2D eigenvalue weighted by Gasteiger charge is -2.07. The highest BCUT2D eigenvalue weighted by Crippen LogP contribution is 2.26. The quantitative estimate of drug-likeness (QED) is 0.772. The van der Waals surface area contributed by atoms with Gasteiger partial charge in [0.2, 0.25) is 0 Å². The van der Waals surface area contributed by atoms with Crippen LogP contribution in [0.15, 0.2) is 12.1 Å². The third kappa shape index (κ3) is 2.40. The first kappa shape index (κ1) is 13.1. The first-order valence-corrected chi connectivity index (χ1v) is 6.71. The lowest BCUT2D eigenvalue weighted by atomic mass is 9.99. The Morgan fingerprint density at radius 2 is 1.75 bits per heavy atom. The molecular weight excluding hydrogens is 216 g/mol. The first-order valence-electron chi connectivity index (χ1n) is 5.98. The Bertz CT molecular complexity index is 446. The number of nitrogens with zero attached hydrogens (tertiary/aromatic N) is 2. The highest BCUT2D eigenvalue weighted by atomic mass is 32.1. The molecule has 0 amide bonds. The minimum Gasteiger partial charge on any atom is -0.173 e. The molecule has 0 bridgehead atoms. The van der Waals surface area contributed by atoms with E-state index in [0.29, 0.717) is 5.92 Å². The van der Waals surface area contributed by atoms with Crippen molar-refractivity contribution in [2.45, 2.75) is 47.0 Å². The highest BCUT2D eigenvalue weighted by molar-refractivity contribution is 7.00. The molecule has 0 aliphatic carbocycles. The fourth-order valence-electron chi connectivity index (χ4n) is 1.69. The second kappa shape index (κ2) is 5.94. The monoisotopic (exact) mass is 236 g/mol. The Hall–Kier alpha value is -0.960. The van der Waals surface area contributed by atoms with Crippen molar-refractivity contribution in [2.24, 2.45) is 0 Å². The van der Waals surface area contributed by atoms with E-state index in [2.05, 4.69) is 41.7 Å². The third-order valence-corrected chi connectivity index (χ3v) is 3.06. The average Bonchev–Trinajstić information content (AvgIpc) is 2.78. The van der Waals surface area contributed by atoms with E-state index in [0.717, 1.165) is 17.5 Å². The number of aromatic nitrogens is 2. The molecule has 0 unspecified atom stereocenters. The van der Waals surface area contributed by atoms with Gasteiger partial charge in [-0.05, 0) is 23.5 Å². The molecule has 0 aliphatic rings. The molecule has 0 fully saturated rings. The van der Waals surface area contributed by atoms with Gasteiger partial charge in [-0.1, -0.05) is 46.8 Å². The van der Waals surface area contributed by atoms with Crippen molar-refractivity contribution in [3.8, 4) is 0 Å². The van der Waals surface area contributed by atoms with E-state index in [1.54, 1.807) is 0 Å². The van der Waals surface area contributed by atoms with Crippen LogP contribution in [0.25, 0.3) is 11.0 Å². The molecule has 2 nitrogen and oxygen atoms in total. The van der Waals surface area contributed by atoms with Gasteiger partial charge in [0.25, 0.3) is 0 Å². The van der Waals surface area contributed by atoms with Gasteiger partial charge in [-0.2, -0.15) is 8.75 Å². The molecule has 0 N–H and O–H groups in total. The van der Waals surface area contributed by atoms with Gasteiger partial charge in [0.15, 0.2) is 0 Å². The van der Waals surface area contributed by atoms with Crippen molar-refractivity contribution in [1.29, 1.82) is 0 Å². The molecule has 2 aromatic rings. The summed E-state index contributed by atoms with van der Waals surface area (Å²) in [5.41, 5.74) is 4.82. The van der Waals surface area contributed by atoms with Crippen LogP contribution in [0.5, 0.6) is 0 Å². The topological polar surface area (TPSA) is 25.8 Å². The summed E-state index contributed by atoms with van der Waals surface area (Å²) < 4.78 is 8.74. The van der Waals surface area contributed by atoms with Crippen LogP contribution >= 0.6 is 11.7 Å². The molecule has 0 aliphatic heterocycles. The fourth-order valence-corrected chi connectivity index (χ4v) is 2.29. The number of benzene rings is 1. The SMILES string of the molecule is CC.CCc1ccc(C(C)C)c2nsnc12. The van der Waals surface area contributed by atoms with Crippen LogP contribution < -0.4 is 0 Å². The number of rotatable bonds is 2. The van der Waals surface area contributed by atoms with E-state index in [4.69, 9.17) is 0 Å². The smallest absolute Gasteiger partial charge is 0.108 e. The largest absolute Gasteiger partial charge is 0.173 e. The Morgan fingerprint density at radius 1 is 1.12 bits per heavy atom. The number of fused-ring (bicyclic) bond motifs is 1. The van der Waals surface area contributed by atoms with Crippen LogP contribution in [0.1, 0.15) is 51.7 Å². The van der Waals surface area contributed by atoms with Gasteiger partial charge in [0.05, 0.1) is 11.7 Å². The predicted molar refractivity (Wildman–Crippen MR) is 72.2 cm³/mol. The van der Waals surface area contributed by atoms with Crippen molar-refractivity contribution in [1.82, 2.24) is 8.75 Å². The van der Waals surface area contributed by atoms with Crippen molar-refractivity contribution in [2.75, 3.05) is 0 Å². The molecule has 88 valence electrons. The minimum absolute atomic E-state index is 0.521. The highest BCUT2D eigenvalue weighted by Gasteiger charge is 2.11. The normalized spacial score (nSPS) is 10.4. The van der Waals surface area contributed by atoms with Crippen LogP contribution in [0, 0.1) is 0 Å². The van der Waals surface area contributed by atoms with E-state index in [-0.39, 0.29) is 0 Å². The zero-order valence-electron chi connectivity index (χ0n) is 10.7. The van der Waals surface area contributed by atoms with E-state index >= 15 is 0 Å². The predicted octanol–water partition coefficient (Wildman–Crippen LogP) is 4.40. The molecule has 1 aromatic carbocycles. The summed E-state index contributed by atoms with van der Waals surface area (Å²) in [7, 11) is 0. The molecular formula is C13H20N2S. The zero-order valence-corrected chi connectivity index (χ0v) is 11.6. The molecule has 2 rings (SSSR count). The van der Waals surface area contributed by atoms with Gasteiger partial charge < -0.3 is 0 Å². The van der Waals surface area contributed by atoms with E-state index in [1.165, 1.54) is 22.9 Å². The first-order chi connectivity index (χ1) is 7.74. The molecule has 16 heavy (non-hydrogen) atoms. The van der Waals surface area contributed by atoms with Crippen molar-refractivity contribution >= 4 is 22.8 Å². The van der Waals surface area contributed by atoms with Crippen LogP contribution in [-0.2, 0) is 6.42 Å². The average molecular weight is 236 g/mol. The van der Waals surface area contributed by atoms with Gasteiger partial charge in [-0.25, -0.2) is 0 Å². The molecule has 1 aromatic heterocycles. The molecule has 3 heteroatoms. The van der Waals surface area contributed by atoms with Crippen molar-refractivity contribution in [3.05, 3.63) is 23.3 Å². The van der Waals surface area contributed by atoms with Gasteiger partial charge in [0.1, 0.15) is 11.0 Å². The molecule has 0 saturated heterocycles. The Labute approximate surface area is 102 Å². The summed E-state index contributed by atoms with van der Waals surface area (Å²) in [6.45, 7) is 10.5. The van der Waals surface area contributed by atoms with Crippen molar-refractivity contribution in [3.63, 3.8) is 0 Å². The van der Waals surface area contributed by atoms with Gasteiger partial charge >= 0.3 is 0 Å². The fraction of sp³-hybridized carbons (Fsp3) is 0.538. The summed E-state index contributed by atoms with van der Waals surface area (Å²) in [6.07, 6.45) is 1.03. The Balaban J connectivity index is 0.000000606. The van der Waals surface area contributed by atoms with E-state index in [9.17, 15) is 0 Å². The number of hydrogen-bond acceptors (Lipinski definition) is 3. The van der Waals surface area contributed by atoms with Gasteiger partial charge in [0, 0.05) is 0 Å². The second-order valence-electron chi connectivity index (χ2n) is 3.78. The van der Waals surface area contributed by atoms with E-state index < -0.39 is 0 Å². The van der Waals surface area contributed by atoms with Crippen LogP contribution in [0.4, 0.5) is 0 Å². The standard InChI is InChI=1S/C11H14N2S.C2H6/c1-4-8-5-6-9(7(2)3)11-10(8)12-14-13-11;1-2/h5-7H,4H2,1-3H3;1-2H3. The third-order valence-electron chi connectivity index (χ3n) is 2.53. The second-order valence-corrected chi connectivity index (χ2v) is 4.31. The summed E-state index contributed by atoms with van der Waals surface area (Å²) >= 11 is 1.31. The minimum atomic E-state index is 0.521. The van der Waals surface area contributed by atoms with E-state index in [1.807, 2.05) is 13.8 Å². The van der Waals surface area contributed by atoms with Crippen molar-refractivity contribution < 1.29 is 0 Å². The molecule has 0 radical (unpaired) electrons. The summed E-state index contributed by atoms with van der Waals surface area (Å²) in [5.74, 6) is 0.521. The summed E-state index contributed by atoms with van der Waals surface area (Å²) in [6, 6.07) is 4.37. The Kier molecular flexibility index (Phi) is 4.87. The Morgan fingerprint density at radius 3 is 2.31 bits per heavy atom. The molecule has 1 heterocycles. The molecule has 0 atom stereocenters. The number of aryl methyl sites for hydroxylation is 1. The van der Waals surface area contributed by atoms with Crippen LogP contribution in [0.3, 0.4) is 0 Å². The molecule has 0 spiro atoms. The van der Waals surface area contributed by atoms with Crippen LogP contribution in [0.2, 0.25) is 0 Å².